The van der Waals surface area contributed by atoms with Crippen LogP contribution >= 0.6 is 0 Å². The van der Waals surface area contributed by atoms with Crippen molar-refractivity contribution >= 4 is 5.91 Å². The lowest BCUT2D eigenvalue weighted by atomic mass is 9.86. The summed E-state index contributed by atoms with van der Waals surface area (Å²) in [7, 11) is 0. The average molecular weight is 477 g/mol. The van der Waals surface area contributed by atoms with Gasteiger partial charge in [0.05, 0.1) is 6.10 Å². The Kier molecular flexibility index (Phi) is 8.05. The molecule has 0 aromatic heterocycles. The van der Waals surface area contributed by atoms with Crippen LogP contribution < -0.4 is 15.4 Å². The normalized spacial score (nSPS) is 23.5. The molecule has 1 amide bonds. The van der Waals surface area contributed by atoms with Crippen molar-refractivity contribution in [2.45, 2.75) is 95.4 Å². The minimum Gasteiger partial charge on any atom is -0.491 e. The monoisotopic (exact) mass is 476 g/mol. The van der Waals surface area contributed by atoms with Crippen molar-refractivity contribution in [2.75, 3.05) is 13.2 Å². The predicted molar refractivity (Wildman–Crippen MR) is 139 cm³/mol. The molecule has 188 valence electrons. The number of hydrogen-bond donors (Lipinski definition) is 2. The summed E-state index contributed by atoms with van der Waals surface area (Å²) in [6.45, 7) is 3.70. The highest BCUT2D eigenvalue weighted by Gasteiger charge is 2.23. The number of fused-ring (bicyclic) bond motifs is 1. The van der Waals surface area contributed by atoms with E-state index in [1.165, 1.54) is 48.8 Å². The van der Waals surface area contributed by atoms with Gasteiger partial charge in [0.2, 0.25) is 0 Å². The van der Waals surface area contributed by atoms with E-state index in [1.807, 2.05) is 24.3 Å². The van der Waals surface area contributed by atoms with E-state index in [9.17, 15) is 4.79 Å². The summed E-state index contributed by atoms with van der Waals surface area (Å²) in [6, 6.07) is 15.6. The van der Waals surface area contributed by atoms with Crippen LogP contribution in [0.15, 0.2) is 42.5 Å². The van der Waals surface area contributed by atoms with Crippen molar-refractivity contribution < 1.29 is 14.3 Å². The molecular weight excluding hydrogens is 436 g/mol. The molecule has 1 saturated carbocycles. The second kappa shape index (κ2) is 11.6. The van der Waals surface area contributed by atoms with E-state index in [1.54, 1.807) is 0 Å². The largest absolute Gasteiger partial charge is 0.491 e. The molecule has 1 aliphatic heterocycles. The molecule has 1 saturated heterocycles. The van der Waals surface area contributed by atoms with Gasteiger partial charge in [-0.15, -0.1) is 0 Å². The third-order valence-corrected chi connectivity index (χ3v) is 7.96. The molecule has 3 atom stereocenters. The van der Waals surface area contributed by atoms with Crippen molar-refractivity contribution in [3.63, 3.8) is 0 Å². The molecule has 0 radical (unpaired) electrons. The fourth-order valence-electron chi connectivity index (χ4n) is 5.82. The van der Waals surface area contributed by atoms with Crippen LogP contribution in [-0.4, -0.2) is 37.3 Å². The van der Waals surface area contributed by atoms with Crippen LogP contribution in [0, 0.1) is 0 Å². The summed E-state index contributed by atoms with van der Waals surface area (Å²) < 4.78 is 11.4. The molecule has 2 N–H and O–H groups in total. The number of rotatable bonds is 8. The maximum Gasteiger partial charge on any atom is 0.251 e. The first-order valence-corrected chi connectivity index (χ1v) is 13.7. The van der Waals surface area contributed by atoms with Crippen LogP contribution in [0.2, 0.25) is 0 Å². The van der Waals surface area contributed by atoms with Crippen LogP contribution in [0.25, 0.3) is 0 Å². The predicted octanol–water partition coefficient (Wildman–Crippen LogP) is 5.52. The van der Waals surface area contributed by atoms with Gasteiger partial charge in [0, 0.05) is 30.3 Å². The van der Waals surface area contributed by atoms with Gasteiger partial charge in [-0.05, 0) is 92.8 Å². The van der Waals surface area contributed by atoms with Crippen molar-refractivity contribution in [3.8, 4) is 5.75 Å². The van der Waals surface area contributed by atoms with E-state index in [-0.39, 0.29) is 18.1 Å². The van der Waals surface area contributed by atoms with E-state index >= 15 is 0 Å². The zero-order valence-corrected chi connectivity index (χ0v) is 21.1. The van der Waals surface area contributed by atoms with Gasteiger partial charge in [-0.3, -0.25) is 4.79 Å². The van der Waals surface area contributed by atoms with Crippen LogP contribution in [-0.2, 0) is 17.6 Å². The summed E-state index contributed by atoms with van der Waals surface area (Å²) in [5, 5.41) is 7.10. The van der Waals surface area contributed by atoms with Crippen LogP contribution in [0.3, 0.4) is 0 Å². The van der Waals surface area contributed by atoms with Crippen LogP contribution in [0.4, 0.5) is 0 Å². The Morgan fingerprint density at radius 1 is 0.971 bits per heavy atom. The van der Waals surface area contributed by atoms with Gasteiger partial charge >= 0.3 is 0 Å². The quantitative estimate of drug-likeness (QED) is 0.527. The topological polar surface area (TPSA) is 59.6 Å². The van der Waals surface area contributed by atoms with Gasteiger partial charge < -0.3 is 20.1 Å². The Balaban J connectivity index is 1.12. The number of amides is 1. The molecule has 3 aliphatic rings. The summed E-state index contributed by atoms with van der Waals surface area (Å²) in [6.07, 6.45) is 12.0. The highest BCUT2D eigenvalue weighted by molar-refractivity contribution is 5.94. The Hall–Kier alpha value is -2.37. The number of hydrogen-bond acceptors (Lipinski definition) is 4. The van der Waals surface area contributed by atoms with E-state index < -0.39 is 0 Å². The van der Waals surface area contributed by atoms with Gasteiger partial charge in [-0.2, -0.15) is 0 Å². The van der Waals surface area contributed by atoms with Gasteiger partial charge in [0.25, 0.3) is 5.91 Å². The Morgan fingerprint density at radius 2 is 1.80 bits per heavy atom. The molecule has 2 aromatic carbocycles. The molecular formula is C30H40N2O3. The van der Waals surface area contributed by atoms with E-state index in [4.69, 9.17) is 9.47 Å². The molecule has 0 spiro atoms. The Bertz CT molecular complexity index is 978. The fraction of sp³-hybridized carbons (Fsp3) is 0.567. The Labute approximate surface area is 210 Å². The minimum absolute atomic E-state index is 0.00829. The van der Waals surface area contributed by atoms with Crippen molar-refractivity contribution in [1.82, 2.24) is 10.6 Å². The van der Waals surface area contributed by atoms with Crippen molar-refractivity contribution in [1.29, 1.82) is 0 Å². The first-order valence-electron chi connectivity index (χ1n) is 13.7. The minimum atomic E-state index is -0.00829. The van der Waals surface area contributed by atoms with Crippen LogP contribution in [0.1, 0.15) is 91.4 Å². The fourth-order valence-corrected chi connectivity index (χ4v) is 5.82. The molecule has 2 fully saturated rings. The highest BCUT2D eigenvalue weighted by Crippen LogP contribution is 2.27. The lowest BCUT2D eigenvalue weighted by molar-refractivity contribution is 0.0679. The maximum absolute atomic E-state index is 12.9. The first kappa shape index (κ1) is 24.3. The molecule has 5 rings (SSSR count). The van der Waals surface area contributed by atoms with E-state index in [2.05, 4.69) is 35.8 Å². The zero-order valence-electron chi connectivity index (χ0n) is 21.1. The second-order valence-corrected chi connectivity index (χ2v) is 10.6. The molecule has 1 heterocycles. The summed E-state index contributed by atoms with van der Waals surface area (Å²) in [4.78, 5) is 12.9. The van der Waals surface area contributed by atoms with E-state index in [0.29, 0.717) is 24.3 Å². The van der Waals surface area contributed by atoms with Gasteiger partial charge in [0.1, 0.15) is 12.4 Å². The molecule has 2 aromatic rings. The van der Waals surface area contributed by atoms with Gasteiger partial charge in [0.15, 0.2) is 0 Å². The van der Waals surface area contributed by atoms with Gasteiger partial charge in [-0.1, -0.05) is 37.5 Å². The zero-order chi connectivity index (χ0) is 24.0. The molecule has 1 unspecified atom stereocenters. The standard InChI is InChI=1S/C30H40N2O3/c1-21(31-26-6-3-2-4-7-26)23-9-10-25-19-27(14-11-24(25)18-23)32-30(33)22-12-15-28(16-13-22)35-20-29-8-5-17-34-29/h9-10,12-13,15-16,18,21,26-27,29,31H,2-8,11,14,17,19-20H2,1H3,(H,32,33)/t21?,27-,29-/m0/s1. The van der Waals surface area contributed by atoms with Crippen LogP contribution in [0.5, 0.6) is 5.75 Å². The molecule has 0 bridgehead atoms. The molecule has 5 nitrogen and oxygen atoms in total. The lowest BCUT2D eigenvalue weighted by Gasteiger charge is -2.29. The number of nitrogens with one attached hydrogen (secondary N) is 2. The summed E-state index contributed by atoms with van der Waals surface area (Å²) in [5.74, 6) is 0.776. The third-order valence-electron chi connectivity index (χ3n) is 7.96. The van der Waals surface area contributed by atoms with E-state index in [0.717, 1.165) is 44.5 Å². The number of benzene rings is 2. The third kappa shape index (κ3) is 6.45. The maximum atomic E-state index is 12.9. The Morgan fingerprint density at radius 3 is 2.57 bits per heavy atom. The van der Waals surface area contributed by atoms with Crippen molar-refractivity contribution in [2.24, 2.45) is 0 Å². The molecule has 2 aliphatic carbocycles. The number of carbonyl (C=O) groups excluding carboxylic acids is 1. The second-order valence-electron chi connectivity index (χ2n) is 10.6. The highest BCUT2D eigenvalue weighted by atomic mass is 16.5. The summed E-state index contributed by atoms with van der Waals surface area (Å²) >= 11 is 0. The van der Waals surface area contributed by atoms with Crippen molar-refractivity contribution in [3.05, 3.63) is 64.7 Å². The molecule has 35 heavy (non-hydrogen) atoms. The molecule has 5 heteroatoms. The number of ether oxygens (including phenoxy) is 2. The number of carbonyl (C=O) groups is 1. The first-order chi connectivity index (χ1) is 17.1. The average Bonchev–Trinajstić information content (AvgIpc) is 3.42. The SMILES string of the molecule is CC(NC1CCCCC1)c1ccc2c(c1)CC[C@H](NC(=O)c1ccc(OC[C@@H]3CCCO3)cc1)C2. The summed E-state index contributed by atoms with van der Waals surface area (Å²) in [5.41, 5.74) is 4.88. The van der Waals surface area contributed by atoms with Gasteiger partial charge in [-0.25, -0.2) is 0 Å². The lowest BCUT2D eigenvalue weighted by Crippen LogP contribution is -2.39. The smallest absolute Gasteiger partial charge is 0.251 e. The number of aryl methyl sites for hydroxylation is 1.